The molecular formula is C17H23N5O3. The summed E-state index contributed by atoms with van der Waals surface area (Å²) in [5.41, 5.74) is 1.05. The highest BCUT2D eigenvalue weighted by Gasteiger charge is 2.15. The van der Waals surface area contributed by atoms with Crippen LogP contribution in [0.4, 0.5) is 4.79 Å². The zero-order valence-electron chi connectivity index (χ0n) is 14.2. The predicted octanol–water partition coefficient (Wildman–Crippen LogP) is 1.57. The van der Waals surface area contributed by atoms with Crippen LogP contribution in [0.1, 0.15) is 31.2 Å². The van der Waals surface area contributed by atoms with Gasteiger partial charge in [-0.1, -0.05) is 30.3 Å². The van der Waals surface area contributed by atoms with E-state index in [2.05, 4.69) is 20.7 Å². The number of nitrogens with one attached hydrogen (secondary N) is 2. The smallest absolute Gasteiger partial charge is 0.315 e. The third-order valence-corrected chi connectivity index (χ3v) is 3.77. The van der Waals surface area contributed by atoms with Gasteiger partial charge in [-0.05, 0) is 25.3 Å². The summed E-state index contributed by atoms with van der Waals surface area (Å²) in [5.74, 6) is -0.209. The molecule has 2 rings (SSSR count). The average Bonchev–Trinajstić information content (AvgIpc) is 3.06. The second-order valence-corrected chi connectivity index (χ2v) is 5.64. The number of carbonyl (C=O) groups excluding carboxylic acids is 1. The van der Waals surface area contributed by atoms with Crippen molar-refractivity contribution in [3.05, 3.63) is 48.0 Å². The number of aromatic nitrogens is 3. The molecule has 0 bridgehead atoms. The Hall–Kier alpha value is -2.90. The number of rotatable bonds is 9. The molecule has 0 aliphatic carbocycles. The molecule has 134 valence electrons. The lowest BCUT2D eigenvalue weighted by Gasteiger charge is -2.18. The van der Waals surface area contributed by atoms with Gasteiger partial charge in [0, 0.05) is 19.0 Å². The van der Waals surface area contributed by atoms with E-state index in [9.17, 15) is 9.59 Å². The van der Waals surface area contributed by atoms with Crippen molar-refractivity contribution in [3.8, 4) is 0 Å². The molecule has 0 fully saturated rings. The summed E-state index contributed by atoms with van der Waals surface area (Å²) in [6, 6.07) is 9.05. The number of benzene rings is 1. The van der Waals surface area contributed by atoms with E-state index in [4.69, 9.17) is 5.11 Å². The van der Waals surface area contributed by atoms with Crippen LogP contribution < -0.4 is 10.6 Å². The first-order valence-electron chi connectivity index (χ1n) is 8.25. The molecule has 0 aliphatic heterocycles. The predicted molar refractivity (Wildman–Crippen MR) is 91.9 cm³/mol. The van der Waals surface area contributed by atoms with E-state index in [1.165, 1.54) is 6.33 Å². The molecule has 0 spiro atoms. The van der Waals surface area contributed by atoms with E-state index in [0.29, 0.717) is 25.2 Å². The minimum absolute atomic E-state index is 0.00193. The summed E-state index contributed by atoms with van der Waals surface area (Å²) in [7, 11) is 0. The van der Waals surface area contributed by atoms with Crippen molar-refractivity contribution in [1.82, 2.24) is 25.4 Å². The van der Waals surface area contributed by atoms with Gasteiger partial charge < -0.3 is 15.7 Å². The van der Waals surface area contributed by atoms with Crippen LogP contribution in [-0.2, 0) is 24.3 Å². The Kier molecular flexibility index (Phi) is 6.94. The van der Waals surface area contributed by atoms with Gasteiger partial charge in [0.05, 0.1) is 6.54 Å². The molecule has 1 unspecified atom stereocenters. The van der Waals surface area contributed by atoms with Gasteiger partial charge >= 0.3 is 12.0 Å². The molecule has 0 aliphatic rings. The molecule has 25 heavy (non-hydrogen) atoms. The maximum Gasteiger partial charge on any atom is 0.315 e. The average molecular weight is 345 g/mol. The van der Waals surface area contributed by atoms with Crippen molar-refractivity contribution in [2.45, 2.75) is 45.3 Å². The van der Waals surface area contributed by atoms with E-state index in [0.717, 1.165) is 5.56 Å². The molecule has 1 aromatic heterocycles. The molecule has 8 nitrogen and oxygen atoms in total. The third kappa shape index (κ3) is 6.25. The molecule has 1 aromatic carbocycles. The highest BCUT2D eigenvalue weighted by Crippen LogP contribution is 2.08. The fraction of sp³-hybridized carbons (Fsp3) is 0.412. The van der Waals surface area contributed by atoms with Gasteiger partial charge in [-0.15, -0.1) is 0 Å². The second-order valence-electron chi connectivity index (χ2n) is 5.64. The van der Waals surface area contributed by atoms with E-state index < -0.39 is 5.97 Å². The van der Waals surface area contributed by atoms with Crippen LogP contribution in [0, 0.1) is 0 Å². The number of aryl methyl sites for hydroxylation is 1. The molecule has 0 saturated heterocycles. The lowest BCUT2D eigenvalue weighted by molar-refractivity contribution is -0.137. The number of carbonyl (C=O) groups is 2. The van der Waals surface area contributed by atoms with E-state index in [-0.39, 0.29) is 25.0 Å². The molecule has 1 atom stereocenters. The highest BCUT2D eigenvalue weighted by atomic mass is 16.4. The van der Waals surface area contributed by atoms with Crippen LogP contribution in [0.25, 0.3) is 0 Å². The van der Waals surface area contributed by atoms with Crippen LogP contribution in [0.3, 0.4) is 0 Å². The SMILES string of the molecule is CCn1ncnc1CNC(=O)NC(CCC(=O)O)Cc1ccccc1. The first-order valence-corrected chi connectivity index (χ1v) is 8.25. The summed E-state index contributed by atoms with van der Waals surface area (Å²) in [5, 5.41) is 18.5. The summed E-state index contributed by atoms with van der Waals surface area (Å²) in [6.45, 7) is 2.88. The Morgan fingerprint density at radius 2 is 2.04 bits per heavy atom. The zero-order chi connectivity index (χ0) is 18.1. The number of hydrogen-bond acceptors (Lipinski definition) is 4. The summed E-state index contributed by atoms with van der Waals surface area (Å²) in [4.78, 5) is 27.1. The van der Waals surface area contributed by atoms with Crippen molar-refractivity contribution in [2.75, 3.05) is 0 Å². The van der Waals surface area contributed by atoms with Crippen LogP contribution in [0.15, 0.2) is 36.7 Å². The number of carboxylic acids is 1. The van der Waals surface area contributed by atoms with Gasteiger partial charge in [0.2, 0.25) is 0 Å². The van der Waals surface area contributed by atoms with Crippen LogP contribution in [0.5, 0.6) is 0 Å². The molecule has 2 amide bonds. The van der Waals surface area contributed by atoms with E-state index >= 15 is 0 Å². The van der Waals surface area contributed by atoms with Crippen LogP contribution in [0.2, 0.25) is 0 Å². The quantitative estimate of drug-likeness (QED) is 0.639. The summed E-state index contributed by atoms with van der Waals surface area (Å²) >= 11 is 0. The van der Waals surface area contributed by atoms with Gasteiger partial charge in [0.15, 0.2) is 0 Å². The number of amides is 2. The van der Waals surface area contributed by atoms with Gasteiger partial charge in [-0.3, -0.25) is 4.79 Å². The van der Waals surface area contributed by atoms with Crippen molar-refractivity contribution in [3.63, 3.8) is 0 Å². The Labute approximate surface area is 146 Å². The second kappa shape index (κ2) is 9.41. The minimum atomic E-state index is -0.878. The number of carboxylic acid groups (broad SMARTS) is 1. The Morgan fingerprint density at radius 1 is 1.28 bits per heavy atom. The van der Waals surface area contributed by atoms with Gasteiger partial charge in [0.25, 0.3) is 0 Å². The molecule has 3 N–H and O–H groups in total. The number of hydrogen-bond donors (Lipinski definition) is 3. The molecule has 1 heterocycles. The first kappa shape index (κ1) is 18.4. The summed E-state index contributed by atoms with van der Waals surface area (Å²) < 4.78 is 1.70. The molecule has 2 aromatic rings. The third-order valence-electron chi connectivity index (χ3n) is 3.77. The Bertz CT molecular complexity index is 687. The minimum Gasteiger partial charge on any atom is -0.481 e. The van der Waals surface area contributed by atoms with Crippen LogP contribution >= 0.6 is 0 Å². The van der Waals surface area contributed by atoms with E-state index in [1.807, 2.05) is 37.3 Å². The molecule has 0 radical (unpaired) electrons. The van der Waals surface area contributed by atoms with Gasteiger partial charge in [-0.2, -0.15) is 5.10 Å². The number of nitrogens with zero attached hydrogens (tertiary/aromatic N) is 3. The monoisotopic (exact) mass is 345 g/mol. The topological polar surface area (TPSA) is 109 Å². The fourth-order valence-corrected chi connectivity index (χ4v) is 2.51. The lowest BCUT2D eigenvalue weighted by atomic mass is 10.0. The van der Waals surface area contributed by atoms with Crippen molar-refractivity contribution in [2.24, 2.45) is 0 Å². The maximum absolute atomic E-state index is 12.2. The Balaban J connectivity index is 1.90. The van der Waals surface area contributed by atoms with Gasteiger partial charge in [0.1, 0.15) is 12.2 Å². The van der Waals surface area contributed by atoms with Crippen molar-refractivity contribution < 1.29 is 14.7 Å². The fourth-order valence-electron chi connectivity index (χ4n) is 2.51. The highest BCUT2D eigenvalue weighted by molar-refractivity contribution is 5.74. The number of aliphatic carboxylic acids is 1. The standard InChI is InChI=1S/C17H23N5O3/c1-2-22-15(19-12-20-22)11-18-17(25)21-14(8-9-16(23)24)10-13-6-4-3-5-7-13/h3-7,12,14H,2,8-11H2,1H3,(H,23,24)(H2,18,21,25). The normalized spacial score (nSPS) is 11.7. The summed E-state index contributed by atoms with van der Waals surface area (Å²) in [6.07, 6.45) is 2.39. The van der Waals surface area contributed by atoms with E-state index in [1.54, 1.807) is 4.68 Å². The maximum atomic E-state index is 12.2. The molecule has 0 saturated carbocycles. The molecular weight excluding hydrogens is 322 g/mol. The Morgan fingerprint density at radius 3 is 2.72 bits per heavy atom. The van der Waals surface area contributed by atoms with Crippen molar-refractivity contribution in [1.29, 1.82) is 0 Å². The van der Waals surface area contributed by atoms with Crippen molar-refractivity contribution >= 4 is 12.0 Å². The van der Waals surface area contributed by atoms with Crippen LogP contribution in [-0.4, -0.2) is 37.9 Å². The largest absolute Gasteiger partial charge is 0.481 e. The first-order chi connectivity index (χ1) is 12.1. The van der Waals surface area contributed by atoms with Gasteiger partial charge in [-0.25, -0.2) is 14.5 Å². The lowest BCUT2D eigenvalue weighted by Crippen LogP contribution is -2.43. The molecule has 8 heteroatoms. The number of urea groups is 1. The zero-order valence-corrected chi connectivity index (χ0v) is 14.2.